The number of benzene rings is 1. The normalized spacial score (nSPS) is 10.1. The van der Waals surface area contributed by atoms with Crippen molar-refractivity contribution in [3.05, 3.63) is 52.4 Å². The fourth-order valence-corrected chi connectivity index (χ4v) is 2.88. The van der Waals surface area contributed by atoms with Gasteiger partial charge in [-0.15, -0.1) is 11.3 Å². The summed E-state index contributed by atoms with van der Waals surface area (Å²) in [5, 5.41) is 19.0. The van der Waals surface area contributed by atoms with Crippen molar-refractivity contribution in [1.29, 1.82) is 5.26 Å². The Kier molecular flexibility index (Phi) is 7.54. The summed E-state index contributed by atoms with van der Waals surface area (Å²) < 4.78 is 4.98. The Balaban J connectivity index is 1.80. The molecule has 2 rings (SSSR count). The Morgan fingerprint density at radius 2 is 1.89 bits per heavy atom. The van der Waals surface area contributed by atoms with E-state index >= 15 is 0 Å². The number of thiophene rings is 1. The maximum Gasteiger partial charge on any atom is 0.338 e. The maximum atomic E-state index is 12.0. The van der Waals surface area contributed by atoms with E-state index in [0.29, 0.717) is 17.1 Å². The molecule has 146 valence electrons. The van der Waals surface area contributed by atoms with Gasteiger partial charge in [0.1, 0.15) is 11.1 Å². The van der Waals surface area contributed by atoms with Crippen LogP contribution in [0.4, 0.5) is 9.80 Å². The first-order valence-electron chi connectivity index (χ1n) is 8.47. The van der Waals surface area contributed by atoms with Gasteiger partial charge in [-0.3, -0.25) is 4.79 Å². The second-order valence-electron chi connectivity index (χ2n) is 6.08. The smallest absolute Gasteiger partial charge is 0.338 e. The van der Waals surface area contributed by atoms with E-state index in [2.05, 4.69) is 16.0 Å². The fraction of sp³-hybridized carbons (Fsp3) is 0.263. The lowest BCUT2D eigenvalue weighted by Gasteiger charge is -2.10. The highest BCUT2D eigenvalue weighted by atomic mass is 32.1. The van der Waals surface area contributed by atoms with E-state index < -0.39 is 18.5 Å². The molecule has 0 unspecified atom stereocenters. The number of anilines is 1. The Labute approximate surface area is 166 Å². The molecule has 3 N–H and O–H groups in total. The zero-order valence-corrected chi connectivity index (χ0v) is 16.3. The summed E-state index contributed by atoms with van der Waals surface area (Å²) in [4.78, 5) is 35.5. The summed E-state index contributed by atoms with van der Waals surface area (Å²) in [5.74, 6) is -1.16. The number of nitrogens with one attached hydrogen (secondary N) is 3. The summed E-state index contributed by atoms with van der Waals surface area (Å²) in [6, 6.07) is 9.83. The molecule has 8 nitrogen and oxygen atoms in total. The number of rotatable bonds is 7. The third-order valence-corrected chi connectivity index (χ3v) is 4.27. The zero-order valence-electron chi connectivity index (χ0n) is 15.4. The molecular weight excluding hydrogens is 380 g/mol. The first-order valence-corrected chi connectivity index (χ1v) is 9.35. The molecule has 2 aromatic rings. The Morgan fingerprint density at radius 3 is 2.54 bits per heavy atom. The SMILES string of the molecule is CC(C)NC(=O)NCc1ccc(C(=O)OCC(=O)Nc2sccc2C#N)cc1. The van der Waals surface area contributed by atoms with Gasteiger partial charge in [-0.1, -0.05) is 12.1 Å². The maximum absolute atomic E-state index is 12.0. The summed E-state index contributed by atoms with van der Waals surface area (Å²) >= 11 is 1.22. The molecule has 0 bridgehead atoms. The van der Waals surface area contributed by atoms with Gasteiger partial charge < -0.3 is 20.7 Å². The molecule has 0 fully saturated rings. The standard InChI is InChI=1S/C19H20N4O4S/c1-12(2)22-19(26)21-10-13-3-5-14(6-4-13)18(25)27-11-16(24)23-17-15(9-20)7-8-28-17/h3-8,12H,10-11H2,1-2H3,(H,23,24)(H2,21,22,26). The van der Waals surface area contributed by atoms with Crippen molar-refractivity contribution in [1.82, 2.24) is 10.6 Å². The number of hydrogen-bond donors (Lipinski definition) is 3. The van der Waals surface area contributed by atoms with E-state index in [1.54, 1.807) is 35.7 Å². The molecule has 0 saturated heterocycles. The van der Waals surface area contributed by atoms with Crippen LogP contribution in [-0.4, -0.2) is 30.6 Å². The van der Waals surface area contributed by atoms with Crippen molar-refractivity contribution in [3.63, 3.8) is 0 Å². The second kappa shape index (κ2) is 10.1. The van der Waals surface area contributed by atoms with Crippen LogP contribution < -0.4 is 16.0 Å². The molecule has 0 spiro atoms. The Morgan fingerprint density at radius 1 is 1.18 bits per heavy atom. The number of carbonyl (C=O) groups is 3. The lowest BCUT2D eigenvalue weighted by molar-refractivity contribution is -0.119. The molecule has 1 aromatic carbocycles. The molecule has 0 radical (unpaired) electrons. The minimum atomic E-state index is -0.640. The molecular formula is C19H20N4O4S. The lowest BCUT2D eigenvalue weighted by Crippen LogP contribution is -2.39. The van der Waals surface area contributed by atoms with Crippen molar-refractivity contribution in [2.45, 2.75) is 26.4 Å². The van der Waals surface area contributed by atoms with Crippen LogP contribution in [0.2, 0.25) is 0 Å². The van der Waals surface area contributed by atoms with Gasteiger partial charge in [0, 0.05) is 12.6 Å². The summed E-state index contributed by atoms with van der Waals surface area (Å²) in [6.07, 6.45) is 0. The first kappa shape index (κ1) is 20.9. The second-order valence-corrected chi connectivity index (χ2v) is 6.99. The van der Waals surface area contributed by atoms with E-state index in [9.17, 15) is 14.4 Å². The van der Waals surface area contributed by atoms with Gasteiger partial charge in [0.25, 0.3) is 5.91 Å². The Bertz CT molecular complexity index is 884. The Hall–Kier alpha value is -3.38. The van der Waals surface area contributed by atoms with Gasteiger partial charge in [-0.05, 0) is 43.0 Å². The van der Waals surface area contributed by atoms with Crippen LogP contribution in [0, 0.1) is 11.3 Å². The van der Waals surface area contributed by atoms with Crippen LogP contribution in [0.3, 0.4) is 0 Å². The largest absolute Gasteiger partial charge is 0.452 e. The molecule has 3 amide bonds. The zero-order chi connectivity index (χ0) is 20.5. The van der Waals surface area contributed by atoms with E-state index in [-0.39, 0.29) is 17.6 Å². The quantitative estimate of drug-likeness (QED) is 0.617. The monoisotopic (exact) mass is 400 g/mol. The molecule has 1 heterocycles. The number of ether oxygens (including phenoxy) is 1. The van der Waals surface area contributed by atoms with Gasteiger partial charge in [0.2, 0.25) is 0 Å². The molecule has 0 saturated carbocycles. The molecule has 1 aromatic heterocycles. The van der Waals surface area contributed by atoms with Crippen molar-refractivity contribution >= 4 is 34.2 Å². The number of nitriles is 1. The van der Waals surface area contributed by atoms with Crippen LogP contribution in [0.1, 0.15) is 35.3 Å². The number of hydrogen-bond acceptors (Lipinski definition) is 6. The van der Waals surface area contributed by atoms with Crippen LogP contribution in [0.15, 0.2) is 35.7 Å². The van der Waals surface area contributed by atoms with Crippen LogP contribution in [0.25, 0.3) is 0 Å². The van der Waals surface area contributed by atoms with E-state index in [1.807, 2.05) is 19.9 Å². The van der Waals surface area contributed by atoms with Gasteiger partial charge in [-0.2, -0.15) is 5.26 Å². The highest BCUT2D eigenvalue weighted by Gasteiger charge is 2.12. The molecule has 9 heteroatoms. The lowest BCUT2D eigenvalue weighted by atomic mass is 10.1. The molecule has 0 aliphatic heterocycles. The number of carbonyl (C=O) groups excluding carboxylic acids is 3. The van der Waals surface area contributed by atoms with Crippen LogP contribution in [0.5, 0.6) is 0 Å². The number of amides is 3. The number of urea groups is 1. The summed E-state index contributed by atoms with van der Waals surface area (Å²) in [6.45, 7) is 3.59. The van der Waals surface area contributed by atoms with Gasteiger partial charge in [-0.25, -0.2) is 9.59 Å². The number of nitrogens with zero attached hydrogens (tertiary/aromatic N) is 1. The van der Waals surface area contributed by atoms with Crippen LogP contribution in [-0.2, 0) is 16.1 Å². The topological polar surface area (TPSA) is 120 Å². The van der Waals surface area contributed by atoms with Gasteiger partial charge in [0.05, 0.1) is 11.1 Å². The van der Waals surface area contributed by atoms with Crippen molar-refractivity contribution in [3.8, 4) is 6.07 Å². The third kappa shape index (κ3) is 6.41. The van der Waals surface area contributed by atoms with Crippen molar-refractivity contribution in [2.24, 2.45) is 0 Å². The van der Waals surface area contributed by atoms with Crippen molar-refractivity contribution < 1.29 is 19.1 Å². The van der Waals surface area contributed by atoms with Crippen molar-refractivity contribution in [2.75, 3.05) is 11.9 Å². The molecule has 0 atom stereocenters. The molecule has 0 aliphatic rings. The first-order chi connectivity index (χ1) is 13.4. The average molecular weight is 400 g/mol. The number of esters is 1. The highest BCUT2D eigenvalue weighted by molar-refractivity contribution is 7.14. The predicted octanol–water partition coefficient (Wildman–Crippen LogP) is 2.62. The minimum absolute atomic E-state index is 0.0423. The van der Waals surface area contributed by atoms with E-state index in [4.69, 9.17) is 10.00 Å². The summed E-state index contributed by atoms with van der Waals surface area (Å²) in [7, 11) is 0. The molecule has 0 aliphatic carbocycles. The molecule has 28 heavy (non-hydrogen) atoms. The van der Waals surface area contributed by atoms with E-state index in [1.165, 1.54) is 11.3 Å². The van der Waals surface area contributed by atoms with Gasteiger partial charge in [0.15, 0.2) is 6.61 Å². The minimum Gasteiger partial charge on any atom is -0.452 e. The van der Waals surface area contributed by atoms with E-state index in [0.717, 1.165) is 5.56 Å². The average Bonchev–Trinajstić information content (AvgIpc) is 3.11. The highest BCUT2D eigenvalue weighted by Crippen LogP contribution is 2.21. The van der Waals surface area contributed by atoms with Gasteiger partial charge >= 0.3 is 12.0 Å². The summed E-state index contributed by atoms with van der Waals surface area (Å²) in [5.41, 5.74) is 1.46. The fourth-order valence-electron chi connectivity index (χ4n) is 2.13. The predicted molar refractivity (Wildman–Crippen MR) is 105 cm³/mol. The third-order valence-electron chi connectivity index (χ3n) is 3.44. The van der Waals surface area contributed by atoms with Crippen LogP contribution >= 0.6 is 11.3 Å².